The summed E-state index contributed by atoms with van der Waals surface area (Å²) >= 11 is 1.84. The Labute approximate surface area is 171 Å². The van der Waals surface area contributed by atoms with Gasteiger partial charge in [0.1, 0.15) is 6.54 Å². The van der Waals surface area contributed by atoms with Gasteiger partial charge in [-0.1, -0.05) is 18.2 Å². The quantitative estimate of drug-likeness (QED) is 0.658. The van der Waals surface area contributed by atoms with E-state index in [9.17, 15) is 9.59 Å². The maximum Gasteiger partial charge on any atom is 0.420 e. The van der Waals surface area contributed by atoms with Crippen LogP contribution in [-0.4, -0.2) is 41.0 Å². The van der Waals surface area contributed by atoms with E-state index in [0.717, 1.165) is 23.7 Å². The second-order valence-electron chi connectivity index (χ2n) is 7.06. The molecule has 0 radical (unpaired) electrons. The first kappa shape index (κ1) is 18.2. The fourth-order valence-corrected chi connectivity index (χ4v) is 5.02. The van der Waals surface area contributed by atoms with Crippen molar-refractivity contribution in [2.75, 3.05) is 25.6 Å². The molecule has 2 aliphatic rings. The second kappa shape index (κ2) is 7.51. The Morgan fingerprint density at radius 1 is 1.10 bits per heavy atom. The van der Waals surface area contributed by atoms with Crippen LogP contribution in [0.1, 0.15) is 17.2 Å². The number of fused-ring (bicyclic) bond motifs is 2. The van der Waals surface area contributed by atoms with Crippen molar-refractivity contribution in [1.82, 2.24) is 9.47 Å². The molecule has 1 aromatic heterocycles. The van der Waals surface area contributed by atoms with E-state index in [-0.39, 0.29) is 19.2 Å². The molecular weight excluding hydrogens is 392 g/mol. The molecule has 5 rings (SSSR count). The van der Waals surface area contributed by atoms with Crippen molar-refractivity contribution in [3.05, 3.63) is 58.6 Å². The Balaban J connectivity index is 1.28. The summed E-state index contributed by atoms with van der Waals surface area (Å²) in [5.41, 5.74) is 2.33. The van der Waals surface area contributed by atoms with Crippen molar-refractivity contribution in [1.29, 1.82) is 0 Å². The number of rotatable bonds is 3. The van der Waals surface area contributed by atoms with Crippen LogP contribution < -0.4 is 15.2 Å². The van der Waals surface area contributed by atoms with Crippen LogP contribution in [0.5, 0.6) is 11.5 Å². The standard InChI is InChI=1S/C21H20N2O5S/c24-20(12-23-15-3-1-2-4-16(15)28-21(23)25)22-8-7-19(29-10-9-22)14-5-6-17-18(11-14)27-13-26-17/h1-6,11,19H,7-10,12-13H2/t19-/m1/s1. The normalized spacial score (nSPS) is 18.8. The zero-order valence-corrected chi connectivity index (χ0v) is 16.5. The number of carbonyl (C=O) groups is 1. The van der Waals surface area contributed by atoms with Crippen molar-refractivity contribution in [3.8, 4) is 11.5 Å². The number of thioether (sulfide) groups is 1. The van der Waals surface area contributed by atoms with Crippen LogP contribution in [0.3, 0.4) is 0 Å². The fourth-order valence-electron chi connectivity index (χ4n) is 3.80. The van der Waals surface area contributed by atoms with E-state index in [1.807, 2.05) is 34.9 Å². The predicted octanol–water partition coefficient (Wildman–Crippen LogP) is 3.03. The van der Waals surface area contributed by atoms with Gasteiger partial charge in [0, 0.05) is 24.1 Å². The third-order valence-electron chi connectivity index (χ3n) is 5.33. The summed E-state index contributed by atoms with van der Waals surface area (Å²) in [6.45, 7) is 1.57. The van der Waals surface area contributed by atoms with E-state index in [2.05, 4.69) is 6.07 Å². The highest BCUT2D eigenvalue weighted by Gasteiger charge is 2.25. The molecule has 0 aliphatic carbocycles. The first-order valence-corrected chi connectivity index (χ1v) is 10.6. The largest absolute Gasteiger partial charge is 0.454 e. The number of oxazole rings is 1. The number of benzene rings is 2. The number of amides is 1. The van der Waals surface area contributed by atoms with Crippen LogP contribution in [0.4, 0.5) is 0 Å². The summed E-state index contributed by atoms with van der Waals surface area (Å²) in [4.78, 5) is 26.9. The van der Waals surface area contributed by atoms with E-state index in [4.69, 9.17) is 13.9 Å². The van der Waals surface area contributed by atoms with Gasteiger partial charge in [-0.25, -0.2) is 4.79 Å². The molecule has 3 heterocycles. The van der Waals surface area contributed by atoms with Gasteiger partial charge in [-0.15, -0.1) is 0 Å². The van der Waals surface area contributed by atoms with E-state index in [1.165, 1.54) is 10.1 Å². The summed E-state index contributed by atoms with van der Waals surface area (Å²) in [5.74, 6) is 1.84. The number of aromatic nitrogens is 1. The van der Waals surface area contributed by atoms with Gasteiger partial charge in [0.15, 0.2) is 17.1 Å². The molecule has 0 saturated carbocycles. The molecule has 0 N–H and O–H groups in total. The molecule has 1 fully saturated rings. The molecular formula is C21H20N2O5S. The molecule has 1 atom stereocenters. The van der Waals surface area contributed by atoms with Gasteiger partial charge >= 0.3 is 5.76 Å². The number of hydrogen-bond acceptors (Lipinski definition) is 6. The van der Waals surface area contributed by atoms with Gasteiger partial charge < -0.3 is 18.8 Å². The molecule has 1 amide bonds. The Bertz CT molecular complexity index is 1120. The Morgan fingerprint density at radius 2 is 1.97 bits per heavy atom. The maximum absolute atomic E-state index is 12.9. The highest BCUT2D eigenvalue weighted by atomic mass is 32.2. The van der Waals surface area contributed by atoms with Gasteiger partial charge in [-0.3, -0.25) is 9.36 Å². The first-order chi connectivity index (χ1) is 14.2. The van der Waals surface area contributed by atoms with Crippen LogP contribution in [0.15, 0.2) is 51.7 Å². The number of ether oxygens (including phenoxy) is 2. The highest BCUT2D eigenvalue weighted by Crippen LogP contribution is 2.40. The summed E-state index contributed by atoms with van der Waals surface area (Å²) in [6.07, 6.45) is 0.844. The fraction of sp³-hybridized carbons (Fsp3) is 0.333. The van der Waals surface area contributed by atoms with Gasteiger partial charge in [-0.05, 0) is 36.2 Å². The SMILES string of the molecule is O=C(Cn1c(=O)oc2ccccc21)N1CCS[C@@H](c2ccc3c(c2)OCO3)CC1. The molecule has 3 aromatic rings. The van der Waals surface area contributed by atoms with Gasteiger partial charge in [0.25, 0.3) is 0 Å². The lowest BCUT2D eigenvalue weighted by Crippen LogP contribution is -2.37. The van der Waals surface area contributed by atoms with E-state index in [1.54, 1.807) is 18.2 Å². The van der Waals surface area contributed by atoms with Crippen molar-refractivity contribution < 1.29 is 18.7 Å². The van der Waals surface area contributed by atoms with Crippen molar-refractivity contribution in [2.45, 2.75) is 18.2 Å². The molecule has 2 aromatic carbocycles. The Morgan fingerprint density at radius 3 is 2.90 bits per heavy atom. The zero-order valence-electron chi connectivity index (χ0n) is 15.7. The highest BCUT2D eigenvalue weighted by molar-refractivity contribution is 7.99. The summed E-state index contributed by atoms with van der Waals surface area (Å²) in [6, 6.07) is 13.2. The topological polar surface area (TPSA) is 73.9 Å². The van der Waals surface area contributed by atoms with Crippen LogP contribution >= 0.6 is 11.8 Å². The van der Waals surface area contributed by atoms with Gasteiger partial charge in [0.05, 0.1) is 5.52 Å². The van der Waals surface area contributed by atoms with Crippen molar-refractivity contribution >= 4 is 28.8 Å². The number of carbonyl (C=O) groups excluding carboxylic acids is 1. The lowest BCUT2D eigenvalue weighted by atomic mass is 10.1. The van der Waals surface area contributed by atoms with Crippen LogP contribution in [-0.2, 0) is 11.3 Å². The third kappa shape index (κ3) is 3.48. The summed E-state index contributed by atoms with van der Waals surface area (Å²) in [5, 5.41) is 0.291. The second-order valence-corrected chi connectivity index (χ2v) is 8.37. The number of hydrogen-bond donors (Lipinski definition) is 0. The molecule has 0 unspecified atom stereocenters. The monoisotopic (exact) mass is 412 g/mol. The third-order valence-corrected chi connectivity index (χ3v) is 6.66. The van der Waals surface area contributed by atoms with Gasteiger partial charge in [0.2, 0.25) is 12.7 Å². The molecule has 0 bridgehead atoms. The molecule has 29 heavy (non-hydrogen) atoms. The van der Waals surface area contributed by atoms with Crippen molar-refractivity contribution in [3.63, 3.8) is 0 Å². The van der Waals surface area contributed by atoms with Crippen molar-refractivity contribution in [2.24, 2.45) is 0 Å². The minimum Gasteiger partial charge on any atom is -0.454 e. The van der Waals surface area contributed by atoms with Crippen LogP contribution in [0, 0.1) is 0 Å². The van der Waals surface area contributed by atoms with E-state index < -0.39 is 5.76 Å². The van der Waals surface area contributed by atoms with Gasteiger partial charge in [-0.2, -0.15) is 11.8 Å². The average molecular weight is 412 g/mol. The Kier molecular flexibility index (Phi) is 4.71. The summed E-state index contributed by atoms with van der Waals surface area (Å²) < 4.78 is 17.5. The lowest BCUT2D eigenvalue weighted by molar-refractivity contribution is -0.131. The van der Waals surface area contributed by atoms with Crippen LogP contribution in [0.25, 0.3) is 11.1 Å². The summed E-state index contributed by atoms with van der Waals surface area (Å²) in [7, 11) is 0. The smallest absolute Gasteiger partial charge is 0.420 e. The molecule has 150 valence electrons. The number of para-hydroxylation sites is 2. The molecule has 7 nitrogen and oxygen atoms in total. The minimum absolute atomic E-state index is 0.00476. The molecule has 1 saturated heterocycles. The van der Waals surface area contributed by atoms with Crippen LogP contribution in [0.2, 0.25) is 0 Å². The Hall–Kier alpha value is -2.87. The number of nitrogens with zero attached hydrogens (tertiary/aromatic N) is 2. The first-order valence-electron chi connectivity index (χ1n) is 9.56. The molecule has 8 heteroatoms. The average Bonchev–Trinajstić information content (AvgIpc) is 3.23. The predicted molar refractivity (Wildman–Crippen MR) is 109 cm³/mol. The minimum atomic E-state index is -0.498. The molecule has 2 aliphatic heterocycles. The van der Waals surface area contributed by atoms with E-state index in [0.29, 0.717) is 29.4 Å². The molecule has 0 spiro atoms. The lowest BCUT2D eigenvalue weighted by Gasteiger charge is -2.20. The zero-order chi connectivity index (χ0) is 19.8. The maximum atomic E-state index is 12.9. The van der Waals surface area contributed by atoms with E-state index >= 15 is 0 Å².